The van der Waals surface area contributed by atoms with E-state index < -0.39 is 0 Å². The van der Waals surface area contributed by atoms with Crippen LogP contribution in [0.2, 0.25) is 0 Å². The quantitative estimate of drug-likeness (QED) is 0.275. The van der Waals surface area contributed by atoms with Gasteiger partial charge >= 0.3 is 0 Å². The van der Waals surface area contributed by atoms with Crippen molar-refractivity contribution in [1.82, 2.24) is 29.9 Å². The van der Waals surface area contributed by atoms with Crippen molar-refractivity contribution < 1.29 is 0 Å². The molecule has 33 heavy (non-hydrogen) atoms. The van der Waals surface area contributed by atoms with Crippen LogP contribution in [0.15, 0.2) is 78.3 Å². The lowest BCUT2D eigenvalue weighted by Crippen LogP contribution is -2.52. The minimum Gasteiger partial charge on any atom is -0.352 e. The first-order valence-corrected chi connectivity index (χ1v) is 11.1. The number of aromatic nitrogens is 3. The molecule has 1 aromatic heterocycles. The molecule has 1 aliphatic rings. The second-order valence-corrected chi connectivity index (χ2v) is 7.91. The van der Waals surface area contributed by atoms with Crippen LogP contribution in [0.1, 0.15) is 16.7 Å². The molecule has 0 atom stereocenters. The van der Waals surface area contributed by atoms with Crippen molar-refractivity contribution >= 4 is 36.0 Å². The summed E-state index contributed by atoms with van der Waals surface area (Å²) in [6.45, 7) is 6.48. The standard InChI is InChI=1S/C25H31N7.HI/c1-26-25(28-18-23-9-5-10-24(17-23)19-32-21-27-20-29-32)31-15-13-30(14-16-31)12-6-11-22-7-3-2-4-8-22;/h2-11,17,20-21H,12-16,18-19H2,1H3,(H,26,28);1H/b11-6+;. The van der Waals surface area contributed by atoms with Crippen LogP contribution in [0.25, 0.3) is 6.08 Å². The van der Waals surface area contributed by atoms with Crippen molar-refractivity contribution in [1.29, 1.82) is 0 Å². The number of piperazine rings is 1. The molecule has 0 radical (unpaired) electrons. The molecule has 4 rings (SSSR count). The normalized spacial score (nSPS) is 14.9. The molecule has 174 valence electrons. The van der Waals surface area contributed by atoms with Crippen LogP contribution in [0.5, 0.6) is 0 Å². The Morgan fingerprint density at radius 3 is 2.55 bits per heavy atom. The maximum absolute atomic E-state index is 4.51. The second kappa shape index (κ2) is 13.1. The number of aliphatic imine (C=N–C) groups is 1. The first-order chi connectivity index (χ1) is 15.8. The van der Waals surface area contributed by atoms with E-state index in [1.165, 1.54) is 16.7 Å². The van der Waals surface area contributed by atoms with Gasteiger partial charge in [0, 0.05) is 46.3 Å². The van der Waals surface area contributed by atoms with Crippen molar-refractivity contribution in [3.8, 4) is 0 Å². The summed E-state index contributed by atoms with van der Waals surface area (Å²) in [4.78, 5) is 13.4. The molecule has 2 aromatic carbocycles. The van der Waals surface area contributed by atoms with Crippen molar-refractivity contribution in [3.05, 3.63) is 90.0 Å². The summed E-state index contributed by atoms with van der Waals surface area (Å²) in [6.07, 6.45) is 7.76. The predicted octanol–water partition coefficient (Wildman–Crippen LogP) is 3.35. The zero-order valence-electron chi connectivity index (χ0n) is 19.0. The Kier molecular flexibility index (Phi) is 9.89. The summed E-state index contributed by atoms with van der Waals surface area (Å²) in [6, 6.07) is 19.0. The van der Waals surface area contributed by atoms with Gasteiger partial charge in [-0.15, -0.1) is 24.0 Å². The number of halogens is 1. The maximum Gasteiger partial charge on any atom is 0.194 e. The van der Waals surface area contributed by atoms with E-state index in [1.807, 2.05) is 17.8 Å². The second-order valence-electron chi connectivity index (χ2n) is 7.91. The summed E-state index contributed by atoms with van der Waals surface area (Å²) in [5.41, 5.74) is 3.69. The minimum atomic E-state index is 0. The fourth-order valence-corrected chi connectivity index (χ4v) is 3.90. The molecule has 1 fully saturated rings. The summed E-state index contributed by atoms with van der Waals surface area (Å²) in [5, 5.41) is 7.72. The maximum atomic E-state index is 4.51. The van der Waals surface area contributed by atoms with Crippen LogP contribution in [0, 0.1) is 0 Å². The van der Waals surface area contributed by atoms with Crippen molar-refractivity contribution in [2.75, 3.05) is 39.8 Å². The Labute approximate surface area is 213 Å². The molecule has 1 aliphatic heterocycles. The van der Waals surface area contributed by atoms with Gasteiger partial charge in [0.25, 0.3) is 0 Å². The van der Waals surface area contributed by atoms with Gasteiger partial charge in [-0.05, 0) is 16.7 Å². The number of hydrogen-bond acceptors (Lipinski definition) is 4. The SMILES string of the molecule is CN=C(NCc1cccc(Cn2cncn2)c1)N1CCN(C/C=C/c2ccccc2)CC1.I. The molecule has 0 saturated carbocycles. The number of benzene rings is 2. The Balaban J connectivity index is 0.00000306. The first-order valence-electron chi connectivity index (χ1n) is 11.1. The van der Waals surface area contributed by atoms with Crippen molar-refractivity contribution in [3.63, 3.8) is 0 Å². The lowest BCUT2D eigenvalue weighted by atomic mass is 10.1. The molecule has 8 heteroatoms. The van der Waals surface area contributed by atoms with Gasteiger partial charge in [-0.2, -0.15) is 5.10 Å². The number of hydrogen-bond donors (Lipinski definition) is 1. The third kappa shape index (κ3) is 7.68. The fraction of sp³-hybridized carbons (Fsp3) is 0.320. The number of nitrogens with one attached hydrogen (secondary N) is 1. The molecule has 7 nitrogen and oxygen atoms in total. The van der Waals surface area contributed by atoms with E-state index in [-0.39, 0.29) is 24.0 Å². The molecular weight excluding hydrogens is 525 g/mol. The average molecular weight is 557 g/mol. The topological polar surface area (TPSA) is 61.6 Å². The van der Waals surface area contributed by atoms with Crippen LogP contribution in [-0.2, 0) is 13.1 Å². The molecular formula is C25H32IN7. The van der Waals surface area contributed by atoms with Crippen molar-refractivity contribution in [2.45, 2.75) is 13.1 Å². The Morgan fingerprint density at radius 2 is 1.82 bits per heavy atom. The summed E-state index contributed by atoms with van der Waals surface area (Å²) in [5.74, 6) is 0.964. The molecule has 0 amide bonds. The molecule has 1 saturated heterocycles. The lowest BCUT2D eigenvalue weighted by molar-refractivity contribution is 0.194. The highest BCUT2D eigenvalue weighted by molar-refractivity contribution is 14.0. The van der Waals surface area contributed by atoms with E-state index in [2.05, 4.69) is 90.9 Å². The summed E-state index contributed by atoms with van der Waals surface area (Å²) < 4.78 is 1.83. The molecule has 0 bridgehead atoms. The first kappa shape index (κ1) is 24.9. The van der Waals surface area contributed by atoms with E-state index in [9.17, 15) is 0 Å². The minimum absolute atomic E-state index is 0. The molecule has 1 N–H and O–H groups in total. The van der Waals surface area contributed by atoms with E-state index in [0.29, 0.717) is 0 Å². The Bertz CT molecular complexity index is 1010. The van der Waals surface area contributed by atoms with Gasteiger partial charge in [-0.1, -0.05) is 66.7 Å². The van der Waals surface area contributed by atoms with Gasteiger partial charge in [-0.25, -0.2) is 9.67 Å². The molecule has 0 aliphatic carbocycles. The zero-order valence-corrected chi connectivity index (χ0v) is 21.4. The van der Waals surface area contributed by atoms with Gasteiger partial charge in [-0.3, -0.25) is 9.89 Å². The Hall–Kier alpha value is -2.72. The number of guanidine groups is 1. The van der Waals surface area contributed by atoms with Crippen LogP contribution in [0.4, 0.5) is 0 Å². The molecule has 3 aromatic rings. The number of rotatable bonds is 7. The van der Waals surface area contributed by atoms with Gasteiger partial charge in [0.1, 0.15) is 12.7 Å². The van der Waals surface area contributed by atoms with Crippen LogP contribution in [0.3, 0.4) is 0 Å². The van der Waals surface area contributed by atoms with E-state index in [4.69, 9.17) is 0 Å². The van der Waals surface area contributed by atoms with Gasteiger partial charge in [0.05, 0.1) is 6.54 Å². The van der Waals surface area contributed by atoms with Crippen LogP contribution < -0.4 is 5.32 Å². The third-order valence-electron chi connectivity index (χ3n) is 5.61. The summed E-state index contributed by atoms with van der Waals surface area (Å²) >= 11 is 0. The van der Waals surface area contributed by atoms with Crippen molar-refractivity contribution in [2.24, 2.45) is 4.99 Å². The van der Waals surface area contributed by atoms with E-state index >= 15 is 0 Å². The highest BCUT2D eigenvalue weighted by Crippen LogP contribution is 2.08. The smallest absolute Gasteiger partial charge is 0.194 e. The van der Waals surface area contributed by atoms with Crippen LogP contribution in [-0.4, -0.2) is 70.3 Å². The Morgan fingerprint density at radius 1 is 1.03 bits per heavy atom. The van der Waals surface area contributed by atoms with E-state index in [0.717, 1.165) is 51.8 Å². The fourth-order valence-electron chi connectivity index (χ4n) is 3.90. The highest BCUT2D eigenvalue weighted by atomic mass is 127. The lowest BCUT2D eigenvalue weighted by Gasteiger charge is -2.36. The average Bonchev–Trinajstić information content (AvgIpc) is 3.34. The third-order valence-corrected chi connectivity index (χ3v) is 5.61. The molecule has 2 heterocycles. The van der Waals surface area contributed by atoms with Crippen LogP contribution >= 0.6 is 24.0 Å². The van der Waals surface area contributed by atoms with E-state index in [1.54, 1.807) is 12.7 Å². The monoisotopic (exact) mass is 557 g/mol. The predicted molar refractivity (Wildman–Crippen MR) is 145 cm³/mol. The van der Waals surface area contributed by atoms with Gasteiger partial charge in [0.2, 0.25) is 0 Å². The molecule has 0 spiro atoms. The zero-order chi connectivity index (χ0) is 22.0. The van der Waals surface area contributed by atoms with Gasteiger partial charge in [0.15, 0.2) is 5.96 Å². The molecule has 0 unspecified atom stereocenters. The summed E-state index contributed by atoms with van der Waals surface area (Å²) in [7, 11) is 1.86. The largest absolute Gasteiger partial charge is 0.352 e. The van der Waals surface area contributed by atoms with Gasteiger partial charge < -0.3 is 10.2 Å². The number of nitrogens with zero attached hydrogens (tertiary/aromatic N) is 6. The highest BCUT2D eigenvalue weighted by Gasteiger charge is 2.18.